The molecule has 0 amide bonds. The molecule has 0 radical (unpaired) electrons. The fourth-order valence-electron chi connectivity index (χ4n) is 7.10. The quantitative estimate of drug-likeness (QED) is 0.108. The molecule has 6 rings (SSSR count). The Morgan fingerprint density at radius 2 is 1.12 bits per heavy atom. The second-order valence-electron chi connectivity index (χ2n) is 15.0. The van der Waals surface area contributed by atoms with E-state index in [1.807, 2.05) is 30.3 Å². The van der Waals surface area contributed by atoms with E-state index in [4.69, 9.17) is 56.6 Å². The lowest BCUT2D eigenvalue weighted by Gasteiger charge is -2.48. The van der Waals surface area contributed by atoms with Crippen LogP contribution >= 0.6 is 0 Å². The van der Waals surface area contributed by atoms with E-state index in [9.17, 15) is 33.6 Å². The number of carbonyl (C=O) groups is 7. The van der Waals surface area contributed by atoms with E-state index in [1.54, 1.807) is 24.3 Å². The van der Waals surface area contributed by atoms with Crippen LogP contribution in [-0.2, 0) is 87.5 Å². The highest BCUT2D eigenvalue weighted by Crippen LogP contribution is 2.38. The molecular formula is C43H47N5O19. The van der Waals surface area contributed by atoms with Crippen molar-refractivity contribution in [2.75, 3.05) is 13.2 Å². The first-order chi connectivity index (χ1) is 31.9. The Bertz CT molecular complexity index is 2390. The minimum absolute atomic E-state index is 0.123. The van der Waals surface area contributed by atoms with Gasteiger partial charge in [-0.15, -0.1) is 5.10 Å². The molecule has 4 heterocycles. The van der Waals surface area contributed by atoms with Crippen molar-refractivity contribution in [3.63, 3.8) is 0 Å². The highest BCUT2D eigenvalue weighted by molar-refractivity contribution is 5.69. The van der Waals surface area contributed by atoms with Crippen LogP contribution in [0.15, 0.2) is 65.3 Å². The Hall–Kier alpha value is -7.31. The van der Waals surface area contributed by atoms with E-state index in [1.165, 1.54) is 6.20 Å². The van der Waals surface area contributed by atoms with Crippen LogP contribution in [0.1, 0.15) is 60.4 Å². The normalized spacial score (nSPS) is 24.6. The zero-order valence-electron chi connectivity index (χ0n) is 37.2. The predicted octanol–water partition coefficient (Wildman–Crippen LogP) is 2.37. The van der Waals surface area contributed by atoms with Crippen molar-refractivity contribution >= 4 is 41.8 Å². The second-order valence-corrected chi connectivity index (χ2v) is 15.0. The van der Waals surface area contributed by atoms with E-state index in [2.05, 4.69) is 20.5 Å². The molecule has 0 unspecified atom stereocenters. The Morgan fingerprint density at radius 3 is 1.70 bits per heavy atom. The molecule has 2 fully saturated rings. The van der Waals surface area contributed by atoms with Gasteiger partial charge in [-0.25, -0.2) is 4.68 Å². The van der Waals surface area contributed by atoms with E-state index in [0.29, 0.717) is 23.0 Å². The summed E-state index contributed by atoms with van der Waals surface area (Å²) in [7, 11) is 0. The molecule has 0 N–H and O–H groups in total. The molecule has 10 atom stereocenters. The molecule has 2 aliphatic heterocycles. The van der Waals surface area contributed by atoms with Gasteiger partial charge in [0.25, 0.3) is 5.89 Å². The maximum absolute atomic E-state index is 12.9. The lowest BCUT2D eigenvalue weighted by atomic mass is 9.95. The third-order valence-electron chi connectivity index (χ3n) is 9.67. The van der Waals surface area contributed by atoms with Gasteiger partial charge in [-0.3, -0.25) is 33.6 Å². The monoisotopic (exact) mass is 937 g/mol. The maximum Gasteiger partial charge on any atom is 0.303 e. The van der Waals surface area contributed by atoms with Crippen molar-refractivity contribution < 1.29 is 90.2 Å². The van der Waals surface area contributed by atoms with Crippen molar-refractivity contribution in [1.82, 2.24) is 25.1 Å². The first-order valence-corrected chi connectivity index (χ1v) is 20.6. The summed E-state index contributed by atoms with van der Waals surface area (Å²) in [6.07, 6.45) is -14.6. The van der Waals surface area contributed by atoms with Crippen molar-refractivity contribution in [2.45, 2.75) is 116 Å². The van der Waals surface area contributed by atoms with Gasteiger partial charge in [0.1, 0.15) is 49.6 Å². The molecule has 2 aromatic heterocycles. The lowest BCUT2D eigenvalue weighted by Crippen LogP contribution is -2.66. The standard InChI is InChI=1S/C43H47N5O19/c1-21(49)56-19-32-35(66-43-39(63-27(7)55)37(61-25(5)53)34(59-23(3)51)33(65-43)20-57-22(2)50)36(60-24(4)52)38(62-26(6)54)42(64-32)48-17-30(45-47-48)18-58-31-15-13-29(14-16-31)41-44-40(46-67-41)28-11-9-8-10-12-28/h8-17,32-39,42-43H,18-20H2,1-7H3/t32-,33-,34-,35-,36+,37+,38-,39-,42-,43+/m1/s1. The van der Waals surface area contributed by atoms with Crippen LogP contribution in [-0.4, -0.2) is 135 Å². The van der Waals surface area contributed by atoms with E-state index in [-0.39, 0.29) is 12.3 Å². The van der Waals surface area contributed by atoms with Crippen molar-refractivity contribution in [2.24, 2.45) is 0 Å². The molecule has 0 aliphatic carbocycles. The van der Waals surface area contributed by atoms with Crippen LogP contribution in [0.25, 0.3) is 22.8 Å². The zero-order valence-corrected chi connectivity index (χ0v) is 37.2. The zero-order chi connectivity index (χ0) is 48.4. The third-order valence-corrected chi connectivity index (χ3v) is 9.67. The second kappa shape index (κ2) is 22.3. The summed E-state index contributed by atoms with van der Waals surface area (Å²) < 4.78 is 70.0. The van der Waals surface area contributed by atoms with Crippen molar-refractivity contribution in [3.05, 3.63) is 66.5 Å². The van der Waals surface area contributed by atoms with Crippen molar-refractivity contribution in [1.29, 1.82) is 0 Å². The molecule has 0 spiro atoms. The molecule has 0 saturated carbocycles. The van der Waals surface area contributed by atoms with Gasteiger partial charge in [-0.2, -0.15) is 4.98 Å². The average molecular weight is 938 g/mol. The van der Waals surface area contributed by atoms with E-state index in [0.717, 1.165) is 58.7 Å². The molecule has 24 heteroatoms. The number of aromatic nitrogens is 5. The summed E-state index contributed by atoms with van der Waals surface area (Å²) in [6.45, 7) is 6.15. The van der Waals surface area contributed by atoms with Crippen LogP contribution in [0.3, 0.4) is 0 Å². The first-order valence-electron chi connectivity index (χ1n) is 20.6. The molecule has 0 bridgehead atoms. The minimum Gasteiger partial charge on any atom is -0.487 e. The molecule has 67 heavy (non-hydrogen) atoms. The van der Waals surface area contributed by atoms with Gasteiger partial charge < -0.3 is 56.6 Å². The summed E-state index contributed by atoms with van der Waals surface area (Å²) >= 11 is 0. The molecule has 2 aromatic carbocycles. The topological polar surface area (TPSA) is 291 Å². The Morgan fingerprint density at radius 1 is 0.582 bits per heavy atom. The fraction of sp³-hybridized carbons (Fsp3) is 0.465. The summed E-state index contributed by atoms with van der Waals surface area (Å²) in [5.41, 5.74) is 1.69. The molecule has 2 saturated heterocycles. The summed E-state index contributed by atoms with van der Waals surface area (Å²) in [5.74, 6) is -4.86. The van der Waals surface area contributed by atoms with E-state index < -0.39 is 116 Å². The first kappa shape index (κ1) is 49.1. The fourth-order valence-corrected chi connectivity index (χ4v) is 7.10. The van der Waals surface area contributed by atoms with Gasteiger partial charge in [-0.05, 0) is 24.3 Å². The number of hydrogen-bond donors (Lipinski definition) is 0. The SMILES string of the molecule is CC(=O)OC[C@H]1O[C@@H](n2cc(COc3ccc(-c4nc(-c5ccccc5)no4)cc3)nn2)[C@H](OC(C)=O)[C@@H](OC(C)=O)[C@@H]1O[C@@H]1O[C@H](COC(C)=O)[C@@H](OC(C)=O)[C@H](OC(C)=O)[C@H]1OC(C)=O. The number of rotatable bonds is 17. The number of ether oxygens (including phenoxy) is 11. The molecular weight excluding hydrogens is 890 g/mol. The molecule has 2 aliphatic rings. The number of esters is 7. The Balaban J connectivity index is 1.29. The van der Waals surface area contributed by atoms with Gasteiger partial charge in [0.2, 0.25) is 5.82 Å². The largest absolute Gasteiger partial charge is 0.487 e. The molecule has 24 nitrogen and oxygen atoms in total. The van der Waals surface area contributed by atoms with Gasteiger partial charge in [0.15, 0.2) is 43.0 Å². The van der Waals surface area contributed by atoms with Crippen LogP contribution in [0.5, 0.6) is 5.75 Å². The Kier molecular flexibility index (Phi) is 16.3. The number of nitrogens with zero attached hydrogens (tertiary/aromatic N) is 5. The van der Waals surface area contributed by atoms with Gasteiger partial charge in [0, 0.05) is 59.6 Å². The number of carbonyl (C=O) groups excluding carboxylic acids is 7. The third kappa shape index (κ3) is 13.2. The summed E-state index contributed by atoms with van der Waals surface area (Å²) in [6, 6.07) is 16.2. The van der Waals surface area contributed by atoms with Crippen LogP contribution in [0, 0.1) is 0 Å². The van der Waals surface area contributed by atoms with Crippen molar-refractivity contribution in [3.8, 4) is 28.6 Å². The van der Waals surface area contributed by atoms with Crippen LogP contribution < -0.4 is 4.74 Å². The lowest BCUT2D eigenvalue weighted by molar-refractivity contribution is -0.349. The van der Waals surface area contributed by atoms with E-state index >= 15 is 0 Å². The van der Waals surface area contributed by atoms with Gasteiger partial charge in [-0.1, -0.05) is 40.7 Å². The minimum atomic E-state index is -1.84. The number of benzene rings is 2. The maximum atomic E-state index is 12.9. The van der Waals surface area contributed by atoms with Gasteiger partial charge >= 0.3 is 41.8 Å². The predicted molar refractivity (Wildman–Crippen MR) is 218 cm³/mol. The molecule has 4 aromatic rings. The average Bonchev–Trinajstić information content (AvgIpc) is 3.96. The highest BCUT2D eigenvalue weighted by atomic mass is 16.8. The number of hydrogen-bond acceptors (Lipinski definition) is 23. The van der Waals surface area contributed by atoms with Gasteiger partial charge in [0.05, 0.1) is 6.20 Å². The summed E-state index contributed by atoms with van der Waals surface area (Å²) in [5, 5.41) is 12.4. The van der Waals surface area contributed by atoms with Crippen LogP contribution in [0.4, 0.5) is 0 Å². The smallest absolute Gasteiger partial charge is 0.303 e. The molecule has 358 valence electrons. The summed E-state index contributed by atoms with van der Waals surface area (Å²) in [4.78, 5) is 91.6. The van der Waals surface area contributed by atoms with Crippen LogP contribution in [0.2, 0.25) is 0 Å². The Labute approximate surface area is 381 Å². The highest BCUT2D eigenvalue weighted by Gasteiger charge is 2.58.